The second kappa shape index (κ2) is 11.1. The maximum Gasteiger partial charge on any atom is 0.230 e. The molecule has 0 spiro atoms. The summed E-state index contributed by atoms with van der Waals surface area (Å²) < 4.78 is 7.88. The van der Waals surface area contributed by atoms with E-state index >= 15 is 0 Å². The number of carbonyl (C=O) groups excluding carboxylic acids is 2. The van der Waals surface area contributed by atoms with E-state index in [2.05, 4.69) is 29.7 Å². The molecule has 1 aliphatic heterocycles. The van der Waals surface area contributed by atoms with Crippen molar-refractivity contribution in [2.45, 2.75) is 32.8 Å². The fraction of sp³-hybridized carbons (Fsp3) is 0.233. The van der Waals surface area contributed by atoms with Gasteiger partial charge in [-0.2, -0.15) is 0 Å². The Labute approximate surface area is 216 Å². The van der Waals surface area contributed by atoms with Crippen LogP contribution in [0.15, 0.2) is 84.9 Å². The van der Waals surface area contributed by atoms with Gasteiger partial charge in [-0.25, -0.2) is 4.68 Å². The highest BCUT2D eigenvalue weighted by atomic mass is 16.5. The molecule has 0 saturated carbocycles. The third-order valence-electron chi connectivity index (χ3n) is 6.38. The van der Waals surface area contributed by atoms with E-state index in [9.17, 15) is 9.59 Å². The number of amides is 2. The fourth-order valence-electron chi connectivity index (χ4n) is 4.48. The highest BCUT2D eigenvalue weighted by Crippen LogP contribution is 2.29. The van der Waals surface area contributed by atoms with Gasteiger partial charge in [0.25, 0.3) is 0 Å². The number of benzene rings is 3. The largest absolute Gasteiger partial charge is 0.489 e. The lowest BCUT2D eigenvalue weighted by molar-refractivity contribution is -0.123. The molecule has 7 heteroatoms. The van der Waals surface area contributed by atoms with Crippen LogP contribution in [0.25, 0.3) is 16.9 Å². The predicted molar refractivity (Wildman–Crippen MR) is 144 cm³/mol. The van der Waals surface area contributed by atoms with Gasteiger partial charge < -0.3 is 15.4 Å². The van der Waals surface area contributed by atoms with Crippen LogP contribution in [0.3, 0.4) is 0 Å². The minimum Gasteiger partial charge on any atom is -0.489 e. The van der Waals surface area contributed by atoms with E-state index < -0.39 is 5.92 Å². The molecule has 1 aromatic heterocycles. The Morgan fingerprint density at radius 1 is 1.03 bits per heavy atom. The van der Waals surface area contributed by atoms with Crippen molar-refractivity contribution in [2.75, 3.05) is 11.9 Å². The van der Waals surface area contributed by atoms with Gasteiger partial charge in [-0.05, 0) is 35.7 Å². The van der Waals surface area contributed by atoms with Crippen molar-refractivity contribution in [3.63, 3.8) is 0 Å². The Morgan fingerprint density at radius 2 is 1.84 bits per heavy atom. The second-order valence-corrected chi connectivity index (χ2v) is 9.24. The smallest absolute Gasteiger partial charge is 0.230 e. The van der Waals surface area contributed by atoms with Crippen LogP contribution in [0.4, 0.5) is 5.82 Å². The van der Waals surface area contributed by atoms with E-state index in [1.807, 2.05) is 77.5 Å². The zero-order chi connectivity index (χ0) is 25.6. The third-order valence-corrected chi connectivity index (χ3v) is 6.38. The van der Waals surface area contributed by atoms with Crippen molar-refractivity contribution < 1.29 is 14.3 Å². The third kappa shape index (κ3) is 5.89. The fourth-order valence-corrected chi connectivity index (χ4v) is 4.48. The Balaban J connectivity index is 1.46. The number of rotatable bonds is 9. The standard InChI is InChI=1S/C30H30N4O3/c1-2-8-21-11-6-12-23(15-21)27-18-28(32-30(36)24-16-29(35)31-19-24)33-34(27)25-13-7-14-26(17-25)37-20-22-9-4-3-5-10-22/h3-7,9-15,17-18,24H,2,8,16,19-20H2,1H3,(H,31,35)(H,32,33,36)/t24-/m0/s1. The van der Waals surface area contributed by atoms with Crippen molar-refractivity contribution in [3.05, 3.63) is 96.1 Å². The maximum absolute atomic E-state index is 12.8. The van der Waals surface area contributed by atoms with Crippen molar-refractivity contribution in [3.8, 4) is 22.7 Å². The van der Waals surface area contributed by atoms with E-state index in [0.29, 0.717) is 19.0 Å². The first-order valence-corrected chi connectivity index (χ1v) is 12.6. The van der Waals surface area contributed by atoms with Crippen LogP contribution in [-0.4, -0.2) is 28.1 Å². The zero-order valence-corrected chi connectivity index (χ0v) is 20.8. The van der Waals surface area contributed by atoms with Crippen LogP contribution in [0.5, 0.6) is 5.75 Å². The summed E-state index contributed by atoms with van der Waals surface area (Å²) in [5, 5.41) is 10.4. The van der Waals surface area contributed by atoms with Gasteiger partial charge >= 0.3 is 0 Å². The number of aryl methyl sites for hydroxylation is 1. The predicted octanol–water partition coefficient (Wildman–Crippen LogP) is 5.15. The Morgan fingerprint density at radius 3 is 2.62 bits per heavy atom. The van der Waals surface area contributed by atoms with Crippen molar-refractivity contribution in [1.82, 2.24) is 15.1 Å². The van der Waals surface area contributed by atoms with Gasteiger partial charge in [-0.1, -0.05) is 67.9 Å². The number of carbonyl (C=O) groups is 2. The molecule has 1 aliphatic rings. The average molecular weight is 495 g/mol. The molecule has 1 fully saturated rings. The summed E-state index contributed by atoms with van der Waals surface area (Å²) in [5.41, 5.74) is 5.01. The number of nitrogens with one attached hydrogen (secondary N) is 2. The van der Waals surface area contributed by atoms with Gasteiger partial charge in [0.2, 0.25) is 11.8 Å². The molecule has 0 bridgehead atoms. The van der Waals surface area contributed by atoms with Gasteiger partial charge in [0.05, 0.1) is 17.3 Å². The van der Waals surface area contributed by atoms with Gasteiger partial charge in [-0.15, -0.1) is 5.10 Å². The Kier molecular flexibility index (Phi) is 7.31. The van der Waals surface area contributed by atoms with Gasteiger partial charge in [-0.3, -0.25) is 9.59 Å². The van der Waals surface area contributed by atoms with Crippen molar-refractivity contribution >= 4 is 17.6 Å². The number of hydrogen-bond acceptors (Lipinski definition) is 4. The van der Waals surface area contributed by atoms with Crippen LogP contribution >= 0.6 is 0 Å². The van der Waals surface area contributed by atoms with Gasteiger partial charge in [0.1, 0.15) is 12.4 Å². The molecule has 2 N–H and O–H groups in total. The van der Waals surface area contributed by atoms with E-state index in [1.165, 1.54) is 5.56 Å². The second-order valence-electron chi connectivity index (χ2n) is 9.24. The first-order valence-electron chi connectivity index (χ1n) is 12.6. The molecule has 37 heavy (non-hydrogen) atoms. The van der Waals surface area contributed by atoms with E-state index in [-0.39, 0.29) is 18.2 Å². The topological polar surface area (TPSA) is 85.3 Å². The molecular weight excluding hydrogens is 464 g/mol. The summed E-state index contributed by atoms with van der Waals surface area (Å²) in [7, 11) is 0. The molecule has 5 rings (SSSR count). The first-order chi connectivity index (χ1) is 18.1. The number of ether oxygens (including phenoxy) is 1. The molecule has 2 amide bonds. The number of anilines is 1. The Bertz CT molecular complexity index is 1400. The van der Waals surface area contributed by atoms with E-state index in [4.69, 9.17) is 9.84 Å². The van der Waals surface area contributed by atoms with Crippen LogP contribution in [0.1, 0.15) is 30.9 Å². The summed E-state index contributed by atoms with van der Waals surface area (Å²) in [4.78, 5) is 24.4. The van der Waals surface area contributed by atoms with Crippen LogP contribution in [0, 0.1) is 5.92 Å². The number of nitrogens with zero attached hydrogens (tertiary/aromatic N) is 2. The van der Waals surface area contributed by atoms with Crippen molar-refractivity contribution in [2.24, 2.45) is 5.92 Å². The lowest BCUT2D eigenvalue weighted by atomic mass is 10.0. The van der Waals surface area contributed by atoms with Crippen LogP contribution in [-0.2, 0) is 22.6 Å². The van der Waals surface area contributed by atoms with E-state index in [1.54, 1.807) is 0 Å². The average Bonchev–Trinajstić information content (AvgIpc) is 3.55. The summed E-state index contributed by atoms with van der Waals surface area (Å²) >= 11 is 0. The molecule has 4 aromatic rings. The normalized spacial score (nSPS) is 14.8. The monoisotopic (exact) mass is 494 g/mol. The van der Waals surface area contributed by atoms with Gasteiger partial charge in [0, 0.05) is 30.7 Å². The molecule has 0 unspecified atom stereocenters. The zero-order valence-electron chi connectivity index (χ0n) is 20.8. The van der Waals surface area contributed by atoms with Crippen molar-refractivity contribution in [1.29, 1.82) is 0 Å². The molecule has 1 atom stereocenters. The van der Waals surface area contributed by atoms with Crippen LogP contribution < -0.4 is 15.4 Å². The van der Waals surface area contributed by atoms with Gasteiger partial charge in [0.15, 0.2) is 5.82 Å². The molecule has 7 nitrogen and oxygen atoms in total. The molecule has 1 saturated heterocycles. The van der Waals surface area contributed by atoms with Crippen LogP contribution in [0.2, 0.25) is 0 Å². The first kappa shape index (κ1) is 24.3. The maximum atomic E-state index is 12.8. The molecule has 188 valence electrons. The molecule has 0 aliphatic carbocycles. The van der Waals surface area contributed by atoms with E-state index in [0.717, 1.165) is 41.1 Å². The molecule has 2 heterocycles. The molecule has 0 radical (unpaired) electrons. The SMILES string of the molecule is CCCc1cccc(-c2cc(NC(=O)[C@@H]3CNC(=O)C3)nn2-c2cccc(OCc3ccccc3)c2)c1. The highest BCUT2D eigenvalue weighted by Gasteiger charge is 2.28. The summed E-state index contributed by atoms with van der Waals surface area (Å²) in [6.07, 6.45) is 2.23. The lowest BCUT2D eigenvalue weighted by Crippen LogP contribution is -2.24. The molecule has 3 aromatic carbocycles. The number of hydrogen-bond donors (Lipinski definition) is 2. The molecular formula is C30H30N4O3. The minimum atomic E-state index is -0.399. The lowest BCUT2D eigenvalue weighted by Gasteiger charge is -2.11. The quantitative estimate of drug-likeness (QED) is 0.337. The highest BCUT2D eigenvalue weighted by molar-refractivity contribution is 5.97. The summed E-state index contributed by atoms with van der Waals surface area (Å²) in [5.74, 6) is 0.448. The summed E-state index contributed by atoms with van der Waals surface area (Å²) in [6.45, 7) is 2.97. The minimum absolute atomic E-state index is 0.105. The number of aromatic nitrogens is 2. The Hall–Kier alpha value is -4.39. The summed E-state index contributed by atoms with van der Waals surface area (Å²) in [6, 6.07) is 28.1.